The topological polar surface area (TPSA) is 30.5 Å². The molecule has 0 aliphatic rings. The van der Waals surface area contributed by atoms with Gasteiger partial charge in [-0.1, -0.05) is 23.7 Å². The van der Waals surface area contributed by atoms with Gasteiger partial charge in [-0.25, -0.2) is 0 Å². The first kappa shape index (κ1) is 13.5. The fourth-order valence-corrected chi connectivity index (χ4v) is 1.89. The van der Waals surface area contributed by atoms with Crippen molar-refractivity contribution in [2.24, 2.45) is 0 Å². The van der Waals surface area contributed by atoms with E-state index in [1.807, 2.05) is 31.3 Å². The Labute approximate surface area is 102 Å². The van der Waals surface area contributed by atoms with Crippen LogP contribution in [0.25, 0.3) is 0 Å². The number of halogens is 1. The molecular weight excluding hydrogens is 226 g/mol. The number of rotatable bonds is 6. The molecular formula is C12H18ClNO2. The molecule has 4 heteroatoms. The lowest BCUT2D eigenvalue weighted by molar-refractivity contribution is -0.121. The molecule has 0 saturated carbocycles. The summed E-state index contributed by atoms with van der Waals surface area (Å²) in [6.07, 6.45) is 0.549. The standard InChI is InChI=1S/C12H18ClNO2/c1-14-11(12(15-2)16-3)8-9-5-4-6-10(13)7-9/h4-7,11-12,14H,8H2,1-3H3. The second kappa shape index (κ2) is 6.86. The summed E-state index contributed by atoms with van der Waals surface area (Å²) in [5, 5.41) is 3.93. The van der Waals surface area contributed by atoms with Gasteiger partial charge in [0, 0.05) is 19.2 Å². The van der Waals surface area contributed by atoms with Crippen LogP contribution in [0.1, 0.15) is 5.56 Å². The summed E-state index contributed by atoms with van der Waals surface area (Å²) in [5.74, 6) is 0. The zero-order valence-electron chi connectivity index (χ0n) is 9.87. The minimum absolute atomic E-state index is 0.105. The van der Waals surface area contributed by atoms with Crippen LogP contribution in [0, 0.1) is 0 Å². The quantitative estimate of drug-likeness (QED) is 0.777. The maximum Gasteiger partial charge on any atom is 0.172 e. The highest BCUT2D eigenvalue weighted by Gasteiger charge is 2.19. The third kappa shape index (κ3) is 3.76. The van der Waals surface area contributed by atoms with E-state index in [-0.39, 0.29) is 12.3 Å². The van der Waals surface area contributed by atoms with E-state index in [1.54, 1.807) is 14.2 Å². The first-order chi connectivity index (χ1) is 7.71. The Hall–Kier alpha value is -0.610. The van der Waals surface area contributed by atoms with Crippen molar-refractivity contribution in [2.45, 2.75) is 18.8 Å². The van der Waals surface area contributed by atoms with Gasteiger partial charge < -0.3 is 14.8 Å². The Kier molecular flexibility index (Phi) is 5.77. The molecule has 0 amide bonds. The molecule has 0 spiro atoms. The lowest BCUT2D eigenvalue weighted by Gasteiger charge is -2.24. The first-order valence-corrected chi connectivity index (χ1v) is 5.56. The molecule has 0 aliphatic carbocycles. The fraction of sp³-hybridized carbons (Fsp3) is 0.500. The Balaban J connectivity index is 2.69. The number of likely N-dealkylation sites (N-methyl/N-ethyl adjacent to an activating group) is 1. The summed E-state index contributed by atoms with van der Waals surface area (Å²) in [6.45, 7) is 0. The van der Waals surface area contributed by atoms with E-state index >= 15 is 0 Å². The lowest BCUT2D eigenvalue weighted by atomic mass is 10.1. The number of ether oxygens (including phenoxy) is 2. The Morgan fingerprint density at radius 2 is 2.00 bits per heavy atom. The van der Waals surface area contributed by atoms with Gasteiger partial charge in [-0.3, -0.25) is 0 Å². The molecule has 0 saturated heterocycles. The first-order valence-electron chi connectivity index (χ1n) is 5.18. The molecule has 1 atom stereocenters. The van der Waals surface area contributed by atoms with Gasteiger partial charge in [0.1, 0.15) is 0 Å². The van der Waals surface area contributed by atoms with Crippen LogP contribution in [0.4, 0.5) is 0 Å². The van der Waals surface area contributed by atoms with E-state index in [9.17, 15) is 0 Å². The predicted octanol–water partition coefficient (Wildman–Crippen LogP) is 2.09. The SMILES string of the molecule is CNC(Cc1cccc(Cl)c1)C(OC)OC. The minimum Gasteiger partial charge on any atom is -0.354 e. The van der Waals surface area contributed by atoms with E-state index < -0.39 is 0 Å². The fourth-order valence-electron chi connectivity index (χ4n) is 1.68. The highest BCUT2D eigenvalue weighted by molar-refractivity contribution is 6.30. The summed E-state index contributed by atoms with van der Waals surface area (Å²) in [7, 11) is 5.16. The number of methoxy groups -OCH3 is 2. The van der Waals surface area contributed by atoms with Crippen LogP contribution in [-0.4, -0.2) is 33.6 Å². The predicted molar refractivity (Wildman–Crippen MR) is 65.8 cm³/mol. The van der Waals surface area contributed by atoms with E-state index in [0.717, 1.165) is 17.0 Å². The van der Waals surface area contributed by atoms with Crippen molar-refractivity contribution in [1.82, 2.24) is 5.32 Å². The summed E-state index contributed by atoms with van der Waals surface area (Å²) >= 11 is 5.94. The zero-order chi connectivity index (χ0) is 12.0. The highest BCUT2D eigenvalue weighted by atomic mass is 35.5. The smallest absolute Gasteiger partial charge is 0.172 e. The van der Waals surface area contributed by atoms with Crippen molar-refractivity contribution >= 4 is 11.6 Å². The van der Waals surface area contributed by atoms with E-state index in [2.05, 4.69) is 5.32 Å². The van der Waals surface area contributed by atoms with Gasteiger partial charge in [-0.15, -0.1) is 0 Å². The number of hydrogen-bond acceptors (Lipinski definition) is 3. The van der Waals surface area contributed by atoms with Crippen molar-refractivity contribution in [3.05, 3.63) is 34.9 Å². The molecule has 0 aliphatic heterocycles. The third-order valence-electron chi connectivity index (χ3n) is 2.51. The van der Waals surface area contributed by atoms with E-state index in [0.29, 0.717) is 0 Å². The van der Waals surface area contributed by atoms with Gasteiger partial charge in [0.2, 0.25) is 0 Å². The molecule has 1 unspecified atom stereocenters. The molecule has 0 bridgehead atoms. The summed E-state index contributed by atoms with van der Waals surface area (Å²) < 4.78 is 10.5. The van der Waals surface area contributed by atoms with Gasteiger partial charge in [0.25, 0.3) is 0 Å². The third-order valence-corrected chi connectivity index (χ3v) is 2.74. The Bertz CT molecular complexity index is 316. The average molecular weight is 244 g/mol. The highest BCUT2D eigenvalue weighted by Crippen LogP contribution is 2.14. The summed E-state index contributed by atoms with van der Waals surface area (Å²) in [6, 6.07) is 7.91. The molecule has 16 heavy (non-hydrogen) atoms. The van der Waals surface area contributed by atoms with Gasteiger partial charge in [0.05, 0.1) is 6.04 Å². The van der Waals surface area contributed by atoms with Crippen molar-refractivity contribution in [3.63, 3.8) is 0 Å². The molecule has 0 fully saturated rings. The lowest BCUT2D eigenvalue weighted by Crippen LogP contribution is -2.41. The number of nitrogens with one attached hydrogen (secondary N) is 1. The second-order valence-electron chi connectivity index (χ2n) is 3.57. The molecule has 0 heterocycles. The molecule has 1 N–H and O–H groups in total. The van der Waals surface area contributed by atoms with Crippen LogP contribution in [0.15, 0.2) is 24.3 Å². The molecule has 0 aromatic heterocycles. The van der Waals surface area contributed by atoms with Crippen molar-refractivity contribution in [1.29, 1.82) is 0 Å². The average Bonchev–Trinajstić information content (AvgIpc) is 2.29. The second-order valence-corrected chi connectivity index (χ2v) is 4.01. The summed E-state index contributed by atoms with van der Waals surface area (Å²) in [5.41, 5.74) is 1.16. The maximum atomic E-state index is 5.94. The minimum atomic E-state index is -0.260. The van der Waals surface area contributed by atoms with Crippen LogP contribution in [0.3, 0.4) is 0 Å². The zero-order valence-corrected chi connectivity index (χ0v) is 10.6. The van der Waals surface area contributed by atoms with Crippen LogP contribution in [-0.2, 0) is 15.9 Å². The van der Waals surface area contributed by atoms with E-state index in [1.165, 1.54) is 0 Å². The number of benzene rings is 1. The van der Waals surface area contributed by atoms with E-state index in [4.69, 9.17) is 21.1 Å². The monoisotopic (exact) mass is 243 g/mol. The molecule has 1 aromatic carbocycles. The van der Waals surface area contributed by atoms with Gasteiger partial charge in [0.15, 0.2) is 6.29 Å². The van der Waals surface area contributed by atoms with Gasteiger partial charge >= 0.3 is 0 Å². The van der Waals surface area contributed by atoms with Crippen LogP contribution >= 0.6 is 11.6 Å². The van der Waals surface area contributed by atoms with Crippen LogP contribution in [0.5, 0.6) is 0 Å². The number of hydrogen-bond donors (Lipinski definition) is 1. The van der Waals surface area contributed by atoms with Gasteiger partial charge in [-0.2, -0.15) is 0 Å². The van der Waals surface area contributed by atoms with Crippen molar-refractivity contribution in [3.8, 4) is 0 Å². The molecule has 1 aromatic rings. The van der Waals surface area contributed by atoms with Crippen molar-refractivity contribution in [2.75, 3.05) is 21.3 Å². The molecule has 1 rings (SSSR count). The normalized spacial score (nSPS) is 13.1. The molecule has 0 radical (unpaired) electrons. The molecule has 90 valence electrons. The van der Waals surface area contributed by atoms with Crippen molar-refractivity contribution < 1.29 is 9.47 Å². The Morgan fingerprint density at radius 1 is 1.31 bits per heavy atom. The van der Waals surface area contributed by atoms with Crippen LogP contribution in [0.2, 0.25) is 5.02 Å². The largest absolute Gasteiger partial charge is 0.354 e. The maximum absolute atomic E-state index is 5.94. The summed E-state index contributed by atoms with van der Waals surface area (Å²) in [4.78, 5) is 0. The molecule has 3 nitrogen and oxygen atoms in total. The van der Waals surface area contributed by atoms with Crippen LogP contribution < -0.4 is 5.32 Å². The van der Waals surface area contributed by atoms with Gasteiger partial charge in [-0.05, 0) is 31.2 Å². The Morgan fingerprint density at radius 3 is 2.50 bits per heavy atom.